The summed E-state index contributed by atoms with van der Waals surface area (Å²) in [6.45, 7) is 10.5. The second-order valence-electron chi connectivity index (χ2n) is 10.5. The number of guanidine groups is 1. The van der Waals surface area contributed by atoms with Gasteiger partial charge in [0.1, 0.15) is 6.04 Å². The van der Waals surface area contributed by atoms with Crippen molar-refractivity contribution in [2.75, 3.05) is 26.2 Å². The predicted octanol–water partition coefficient (Wildman–Crippen LogP) is 0.548. The summed E-state index contributed by atoms with van der Waals surface area (Å²) in [7, 11) is 0. The second kappa shape index (κ2) is 23.9. The first-order valence-corrected chi connectivity index (χ1v) is 15.2. The van der Waals surface area contributed by atoms with Gasteiger partial charge >= 0.3 is 0 Å². The van der Waals surface area contributed by atoms with Crippen LogP contribution in [0.4, 0.5) is 0 Å². The SMILES string of the molecule is CC(=O)NCC(=O)NCC(=O)N[C@@H](Cc1ccc(C(=O)c2ccccc2)cc1)C(N)=O.CCCN=C(N)N.CCCNC(N)=C(C)C. The van der Waals surface area contributed by atoms with Crippen LogP contribution in [0.1, 0.15) is 68.9 Å². The fraction of sp³-hybridized carbons (Fsp3) is 0.394. The van der Waals surface area contributed by atoms with E-state index in [-0.39, 0.29) is 37.2 Å². The summed E-state index contributed by atoms with van der Waals surface area (Å²) in [5, 5.41) is 10.2. The fourth-order valence-electron chi connectivity index (χ4n) is 3.38. The Morgan fingerprint density at radius 3 is 1.77 bits per heavy atom. The van der Waals surface area contributed by atoms with Gasteiger partial charge in [0.15, 0.2) is 11.7 Å². The number of ketones is 1. The number of carbonyl (C=O) groups is 5. The van der Waals surface area contributed by atoms with Gasteiger partial charge in [-0.2, -0.15) is 0 Å². The van der Waals surface area contributed by atoms with Gasteiger partial charge in [-0.05, 0) is 37.8 Å². The molecule has 0 saturated carbocycles. The van der Waals surface area contributed by atoms with Gasteiger partial charge in [-0.1, -0.05) is 68.4 Å². The molecule has 14 nitrogen and oxygen atoms in total. The Labute approximate surface area is 277 Å². The van der Waals surface area contributed by atoms with Crippen molar-refractivity contribution in [3.05, 3.63) is 82.7 Å². The first-order valence-electron chi connectivity index (χ1n) is 15.2. The van der Waals surface area contributed by atoms with E-state index in [0.29, 0.717) is 16.7 Å². The normalized spacial score (nSPS) is 10.2. The summed E-state index contributed by atoms with van der Waals surface area (Å²) in [4.78, 5) is 62.2. The molecule has 0 fully saturated rings. The number of carbonyl (C=O) groups excluding carboxylic acids is 5. The minimum absolute atomic E-state index is 0.123. The summed E-state index contributed by atoms with van der Waals surface area (Å²) < 4.78 is 0. The largest absolute Gasteiger partial charge is 0.386 e. The summed E-state index contributed by atoms with van der Waals surface area (Å²) in [6.07, 6.45) is 2.24. The number of nitrogens with zero attached hydrogens (tertiary/aromatic N) is 1. The molecule has 0 aliphatic heterocycles. The van der Waals surface area contributed by atoms with Crippen LogP contribution in [-0.2, 0) is 25.6 Å². The van der Waals surface area contributed by atoms with Crippen LogP contribution in [0.2, 0.25) is 0 Å². The number of allylic oxidation sites excluding steroid dienone is 1. The van der Waals surface area contributed by atoms with Crippen molar-refractivity contribution >= 4 is 35.4 Å². The van der Waals surface area contributed by atoms with E-state index in [1.807, 2.05) is 26.8 Å². The van der Waals surface area contributed by atoms with Crippen LogP contribution in [0.3, 0.4) is 0 Å². The van der Waals surface area contributed by atoms with E-state index in [0.717, 1.165) is 37.3 Å². The van der Waals surface area contributed by atoms with E-state index in [4.69, 9.17) is 22.9 Å². The van der Waals surface area contributed by atoms with Crippen LogP contribution in [0.25, 0.3) is 0 Å². The quantitative estimate of drug-likeness (QED) is 0.0758. The molecule has 0 saturated heterocycles. The van der Waals surface area contributed by atoms with Crippen molar-refractivity contribution in [3.63, 3.8) is 0 Å². The van der Waals surface area contributed by atoms with Crippen molar-refractivity contribution in [2.24, 2.45) is 27.9 Å². The van der Waals surface area contributed by atoms with Crippen molar-refractivity contribution in [3.8, 4) is 0 Å². The average molecular weight is 654 g/mol. The Bertz CT molecular complexity index is 1340. The molecule has 0 spiro atoms. The van der Waals surface area contributed by atoms with Gasteiger partial charge in [0, 0.05) is 37.6 Å². The van der Waals surface area contributed by atoms with Crippen LogP contribution in [0.5, 0.6) is 0 Å². The van der Waals surface area contributed by atoms with Crippen molar-refractivity contribution in [1.29, 1.82) is 0 Å². The molecule has 0 unspecified atom stereocenters. The number of nitrogens with two attached hydrogens (primary N) is 4. The molecular weight excluding hydrogens is 602 g/mol. The van der Waals surface area contributed by atoms with Gasteiger partial charge < -0.3 is 44.2 Å². The Balaban J connectivity index is 0.00000109. The average Bonchev–Trinajstić information content (AvgIpc) is 3.04. The lowest BCUT2D eigenvalue weighted by Crippen LogP contribution is -2.49. The van der Waals surface area contributed by atoms with E-state index in [9.17, 15) is 24.0 Å². The number of hydrogen-bond acceptors (Lipinski definition) is 8. The standard InChI is InChI=1S/C22H24N4O5.C7H16N2.C4H11N3/c1-14(27)24-12-19(28)25-13-20(29)26-18(22(23)31)11-15-7-9-17(10-8-15)21(30)16-5-3-2-4-6-16;1-4-5-9-7(8)6(2)3;1-2-3-7-4(5)6/h2-10,18H,11-13H2,1H3,(H2,23,31)(H,24,27)(H,25,28)(H,26,29);9H,4-5,8H2,1-3H3;2-3H2,1H3,(H4,5,6,7)/t18-;;/m0../s1. The third kappa shape index (κ3) is 20.3. The zero-order valence-corrected chi connectivity index (χ0v) is 28.0. The summed E-state index contributed by atoms with van der Waals surface area (Å²) in [6, 6.07) is 14.5. The van der Waals surface area contributed by atoms with E-state index in [1.165, 1.54) is 6.92 Å². The Morgan fingerprint density at radius 1 is 0.723 bits per heavy atom. The maximum absolute atomic E-state index is 12.5. The van der Waals surface area contributed by atoms with Gasteiger partial charge in [0.05, 0.1) is 18.9 Å². The highest BCUT2D eigenvalue weighted by Crippen LogP contribution is 2.12. The molecule has 1 atom stereocenters. The number of nitrogens with one attached hydrogen (secondary N) is 4. The zero-order chi connectivity index (χ0) is 35.8. The number of amides is 4. The molecule has 0 radical (unpaired) electrons. The molecule has 0 aromatic heterocycles. The predicted molar refractivity (Wildman–Crippen MR) is 185 cm³/mol. The fourth-order valence-corrected chi connectivity index (χ4v) is 3.38. The second-order valence-corrected chi connectivity index (χ2v) is 10.5. The Hall–Kier alpha value is -5.40. The Kier molecular flexibility index (Phi) is 21.2. The number of rotatable bonds is 15. The molecule has 0 aliphatic rings. The van der Waals surface area contributed by atoms with Gasteiger partial charge in [-0.15, -0.1) is 0 Å². The molecule has 2 aromatic carbocycles. The van der Waals surface area contributed by atoms with Gasteiger partial charge in [-0.3, -0.25) is 29.0 Å². The lowest BCUT2D eigenvalue weighted by atomic mass is 9.99. The molecule has 0 aliphatic carbocycles. The number of primary amides is 1. The van der Waals surface area contributed by atoms with Crippen LogP contribution in [0, 0.1) is 0 Å². The zero-order valence-electron chi connectivity index (χ0n) is 28.0. The van der Waals surface area contributed by atoms with E-state index >= 15 is 0 Å². The molecule has 14 heteroatoms. The van der Waals surface area contributed by atoms with Gasteiger partial charge in [-0.25, -0.2) is 0 Å². The molecule has 4 amide bonds. The smallest absolute Gasteiger partial charge is 0.240 e. The van der Waals surface area contributed by atoms with Crippen LogP contribution >= 0.6 is 0 Å². The van der Waals surface area contributed by atoms with E-state index in [2.05, 4.69) is 33.2 Å². The maximum Gasteiger partial charge on any atom is 0.240 e. The van der Waals surface area contributed by atoms with Crippen molar-refractivity contribution in [2.45, 2.75) is 59.9 Å². The first-order chi connectivity index (χ1) is 22.2. The molecular formula is C33H51N9O5. The van der Waals surface area contributed by atoms with Crippen LogP contribution < -0.4 is 44.2 Å². The minimum Gasteiger partial charge on any atom is -0.386 e. The molecule has 2 aromatic rings. The third-order valence-corrected chi connectivity index (χ3v) is 5.94. The molecule has 12 N–H and O–H groups in total. The van der Waals surface area contributed by atoms with Gasteiger partial charge in [0.25, 0.3) is 0 Å². The van der Waals surface area contributed by atoms with E-state index < -0.39 is 23.8 Å². The topological polar surface area (TPSA) is 250 Å². The Morgan fingerprint density at radius 2 is 1.30 bits per heavy atom. The number of aliphatic imine (C=N–C) groups is 1. The highest BCUT2D eigenvalue weighted by atomic mass is 16.2. The summed E-state index contributed by atoms with van der Waals surface area (Å²) >= 11 is 0. The lowest BCUT2D eigenvalue weighted by Gasteiger charge is -2.16. The molecule has 0 heterocycles. The summed E-state index contributed by atoms with van der Waals surface area (Å²) in [5.41, 5.74) is 23.9. The summed E-state index contributed by atoms with van der Waals surface area (Å²) in [5.74, 6) is -1.37. The first kappa shape index (κ1) is 41.6. The van der Waals surface area contributed by atoms with Crippen molar-refractivity contribution < 1.29 is 24.0 Å². The van der Waals surface area contributed by atoms with Crippen molar-refractivity contribution in [1.82, 2.24) is 21.3 Å². The maximum atomic E-state index is 12.5. The highest BCUT2D eigenvalue weighted by molar-refractivity contribution is 6.09. The molecule has 258 valence electrons. The minimum atomic E-state index is -0.990. The van der Waals surface area contributed by atoms with Crippen LogP contribution in [-0.4, -0.2) is 67.6 Å². The monoisotopic (exact) mass is 653 g/mol. The number of benzene rings is 2. The van der Waals surface area contributed by atoms with Crippen LogP contribution in [0.15, 0.2) is 71.0 Å². The number of hydrogen-bond donors (Lipinski definition) is 8. The molecule has 0 bridgehead atoms. The highest BCUT2D eigenvalue weighted by Gasteiger charge is 2.19. The molecule has 2 rings (SSSR count). The third-order valence-electron chi connectivity index (χ3n) is 5.94. The van der Waals surface area contributed by atoms with E-state index in [1.54, 1.807) is 48.5 Å². The lowest BCUT2D eigenvalue weighted by molar-refractivity contribution is -0.129. The molecule has 47 heavy (non-hydrogen) atoms. The van der Waals surface area contributed by atoms with Gasteiger partial charge in [0.2, 0.25) is 23.6 Å².